The Labute approximate surface area is 526 Å². The van der Waals surface area contributed by atoms with Crippen LogP contribution in [0.3, 0.4) is 0 Å². The third-order valence-corrected chi connectivity index (χ3v) is 22.5. The Kier molecular flexibility index (Phi) is 25.9. The molecule has 474 valence electrons. The highest BCUT2D eigenvalue weighted by Gasteiger charge is 2.59. The molecule has 0 radical (unpaired) electrons. The van der Waals surface area contributed by atoms with Gasteiger partial charge in [0.15, 0.2) is 36.2 Å². The summed E-state index contributed by atoms with van der Waals surface area (Å²) in [4.78, 5) is 48.0. The number of ketones is 1. The van der Waals surface area contributed by atoms with Crippen LogP contribution in [0.4, 0.5) is 4.79 Å². The summed E-state index contributed by atoms with van der Waals surface area (Å²) in [5.41, 5.74) is 0.943. The fourth-order valence-corrected chi connectivity index (χ4v) is 15.4. The summed E-state index contributed by atoms with van der Waals surface area (Å²) in [6, 6.07) is -1.05. The van der Waals surface area contributed by atoms with Gasteiger partial charge in [-0.15, -0.1) is 0 Å². The second-order valence-corrected chi connectivity index (χ2v) is 28.3. The number of hydroxylamine groups is 1. The molecule has 7 rings (SSSR count). The zero-order chi connectivity index (χ0) is 62.1. The molecular formula is C57H80IN3O20S4. The molecule has 4 heterocycles. The molecule has 1 amide bonds. The summed E-state index contributed by atoms with van der Waals surface area (Å²) >= 11 is 2.91. The monoisotopic (exact) mass is 1380 g/mol. The third kappa shape index (κ3) is 16.2. The molecule has 4 aliphatic heterocycles. The van der Waals surface area contributed by atoms with Crippen LogP contribution in [0.1, 0.15) is 76.7 Å². The number of amides is 1. The van der Waals surface area contributed by atoms with Crippen LogP contribution in [0, 0.1) is 45.5 Å². The Morgan fingerprint density at radius 1 is 0.918 bits per heavy atom. The maximum Gasteiger partial charge on any atom is 0.407 e. The number of thioether (sulfide) groups is 1. The van der Waals surface area contributed by atoms with Crippen LogP contribution in [0.5, 0.6) is 11.5 Å². The van der Waals surface area contributed by atoms with Gasteiger partial charge in [0.25, 0.3) is 0 Å². The zero-order valence-corrected chi connectivity index (χ0v) is 54.9. The standard InChI is InChI=1S/C57H80IN3O20S4/c1-13-59-33-26-74-39(24-37(33)70-8)79-50-46(65)43(28(3)76-54(50)78-36-18-16-14-15-17-20-56(6,7)57(69)25-35(63)44(60-55(68)73-11)41(36)32(57)19-21-83-85-82-12)61-81-40-23-34(62)51(30(5)75-40)84-52(67)31-22-38(71-9)48(42(58)27(31)2)80-53-47(66)49(72-10)45(64)29(4)77-53/h14-15,19,22,28-30,33-34,36-37,39-41,43-47,49-51,53-54,59,61-62,64-66,69H,13,21,23-26H2,1-12H3,(H,60,68)/b15-14-,32-19+/t28?,29?,30?,33?,34?,36-,37?,39?,40?,41?,43?,44?,45?,46?,47?,49?,50?,51?,53?,54?,57-/m0/s1. The molecule has 0 spiro atoms. The number of hydrogen-bond acceptors (Lipinski definition) is 26. The highest BCUT2D eigenvalue weighted by Crippen LogP contribution is 2.50. The first-order valence-electron chi connectivity index (χ1n) is 27.8. The Bertz CT molecular complexity index is 2660. The van der Waals surface area contributed by atoms with E-state index in [1.807, 2.05) is 41.8 Å². The quantitative estimate of drug-likeness (QED) is 0.0216. The maximum absolute atomic E-state index is 14.5. The number of nitrogens with one attached hydrogen (secondary N) is 3. The number of carbonyl (C=O) groups excluding carboxylic acids is 3. The largest absolute Gasteiger partial charge is 0.493 e. The van der Waals surface area contributed by atoms with E-state index in [4.69, 9.17) is 56.9 Å². The van der Waals surface area contributed by atoms with Gasteiger partial charge in [-0.3, -0.25) is 14.4 Å². The second-order valence-electron chi connectivity index (χ2n) is 21.7. The molecular weight excluding hydrogens is 1300 g/mol. The molecule has 1 aromatic rings. The first-order valence-corrected chi connectivity index (χ1v) is 33.9. The molecule has 1 aromatic carbocycles. The van der Waals surface area contributed by atoms with E-state index in [0.717, 1.165) is 11.8 Å². The van der Waals surface area contributed by atoms with Crippen LogP contribution in [0.15, 0.2) is 29.9 Å². The normalized spacial score (nSPS) is 38.1. The van der Waals surface area contributed by atoms with Crippen molar-refractivity contribution in [1.29, 1.82) is 0 Å². The average molecular weight is 1380 g/mol. The summed E-state index contributed by atoms with van der Waals surface area (Å²) in [6.45, 7) is 13.0. The van der Waals surface area contributed by atoms with Gasteiger partial charge in [-0.25, -0.2) is 4.79 Å². The molecule has 2 bridgehead atoms. The Morgan fingerprint density at radius 3 is 2.32 bits per heavy atom. The van der Waals surface area contributed by atoms with Crippen LogP contribution in [-0.4, -0.2) is 217 Å². The van der Waals surface area contributed by atoms with E-state index in [1.54, 1.807) is 59.4 Å². The Morgan fingerprint density at radius 2 is 1.65 bits per heavy atom. The minimum Gasteiger partial charge on any atom is -0.493 e. The molecule has 5 fully saturated rings. The SMILES string of the molecule is CCNC1COC(OC2C(O[C@H]3C#C/C=C\C#CC(C)(C)[C@]4(O)CC(=O)C(NC(=O)OC)C3/C4=C\CSSSC)OC(C)C(NOC3CC(O)C(SC(=O)c4cc(OC)c(OC5OC(C)C(O)C(OC)C5O)c(I)c4C)C(C)O3)C2O)CC1OC. The summed E-state index contributed by atoms with van der Waals surface area (Å²) in [5.74, 6) is 11.2. The molecule has 85 heavy (non-hydrogen) atoms. The number of likely N-dealkylation sites (N-methyl/N-ethyl adjacent to an activating group) is 1. The molecule has 1 saturated carbocycles. The molecule has 23 nitrogen and oxygen atoms in total. The number of aliphatic hydroxyl groups is 5. The van der Waals surface area contributed by atoms with Crippen LogP contribution in [0.25, 0.3) is 0 Å². The molecule has 4 saturated heterocycles. The summed E-state index contributed by atoms with van der Waals surface area (Å²) < 4.78 is 67.1. The van der Waals surface area contributed by atoms with Gasteiger partial charge in [-0.05, 0) is 116 Å². The summed E-state index contributed by atoms with van der Waals surface area (Å²) in [5, 5.41) is 63.7. The first-order chi connectivity index (χ1) is 40.5. The first kappa shape index (κ1) is 70.0. The predicted octanol–water partition coefficient (Wildman–Crippen LogP) is 3.95. The number of carbonyl (C=O) groups is 3. The fraction of sp³-hybridized carbons (Fsp3) is 0.702. The van der Waals surface area contributed by atoms with E-state index in [-0.39, 0.29) is 48.7 Å². The van der Waals surface area contributed by atoms with Gasteiger partial charge in [0, 0.05) is 50.7 Å². The van der Waals surface area contributed by atoms with Crippen molar-refractivity contribution in [2.24, 2.45) is 11.3 Å². The topological polar surface area (TPSA) is 299 Å². The van der Waals surface area contributed by atoms with Crippen molar-refractivity contribution in [2.75, 3.05) is 53.6 Å². The molecule has 6 aliphatic rings. The number of hydrogen-bond donors (Lipinski definition) is 8. The van der Waals surface area contributed by atoms with Crippen LogP contribution in [-0.2, 0) is 52.3 Å². The number of aliphatic hydroxyl groups excluding tert-OH is 4. The lowest BCUT2D eigenvalue weighted by molar-refractivity contribution is -0.339. The Balaban J connectivity index is 1.12. The molecule has 19 unspecified atom stereocenters. The molecule has 2 aliphatic carbocycles. The number of alkyl carbamates (subject to hydrolysis) is 1. The lowest BCUT2D eigenvalue weighted by Crippen LogP contribution is -2.66. The van der Waals surface area contributed by atoms with Crippen molar-refractivity contribution < 1.29 is 96.9 Å². The predicted molar refractivity (Wildman–Crippen MR) is 327 cm³/mol. The van der Waals surface area contributed by atoms with Gasteiger partial charge in [0.2, 0.25) is 11.4 Å². The third-order valence-electron chi connectivity index (χ3n) is 16.0. The highest BCUT2D eigenvalue weighted by molar-refractivity contribution is 14.1. The van der Waals surface area contributed by atoms with Gasteiger partial charge in [0.05, 0.1) is 77.7 Å². The van der Waals surface area contributed by atoms with E-state index in [1.165, 1.54) is 60.2 Å². The minimum atomic E-state index is -1.90. The van der Waals surface area contributed by atoms with Gasteiger partial charge < -0.3 is 88.3 Å². The molecule has 28 heteroatoms. The van der Waals surface area contributed by atoms with Gasteiger partial charge in [-0.1, -0.05) is 70.0 Å². The van der Waals surface area contributed by atoms with Crippen molar-refractivity contribution in [3.05, 3.63) is 44.6 Å². The number of allylic oxidation sites excluding steroid dienone is 2. The van der Waals surface area contributed by atoms with E-state index in [9.17, 15) is 39.9 Å². The summed E-state index contributed by atoms with van der Waals surface area (Å²) in [7, 11) is 10.1. The van der Waals surface area contributed by atoms with Gasteiger partial charge in [0.1, 0.15) is 48.3 Å². The van der Waals surface area contributed by atoms with Gasteiger partial charge in [-0.2, -0.15) is 5.48 Å². The van der Waals surface area contributed by atoms with Crippen molar-refractivity contribution >= 4 is 82.8 Å². The number of halogens is 1. The van der Waals surface area contributed by atoms with E-state index < -0.39 is 144 Å². The number of fused-ring (bicyclic) bond motifs is 2. The van der Waals surface area contributed by atoms with Crippen molar-refractivity contribution in [1.82, 2.24) is 16.1 Å². The van der Waals surface area contributed by atoms with Gasteiger partial charge >= 0.3 is 6.09 Å². The number of benzene rings is 1. The van der Waals surface area contributed by atoms with E-state index in [0.29, 0.717) is 27.0 Å². The second kappa shape index (κ2) is 31.5. The zero-order valence-electron chi connectivity index (χ0n) is 49.5. The number of ether oxygens (including phenoxy) is 11. The van der Waals surface area contributed by atoms with Crippen LogP contribution in [0.2, 0.25) is 0 Å². The van der Waals surface area contributed by atoms with E-state index in [2.05, 4.69) is 39.8 Å². The van der Waals surface area contributed by atoms with Crippen molar-refractivity contribution in [2.45, 2.75) is 189 Å². The van der Waals surface area contributed by atoms with E-state index >= 15 is 0 Å². The van der Waals surface area contributed by atoms with Crippen molar-refractivity contribution in [3.63, 3.8) is 0 Å². The number of methoxy groups -OCH3 is 4. The summed E-state index contributed by atoms with van der Waals surface area (Å²) in [6.07, 6.45) is -10.8. The molecule has 0 aromatic heterocycles. The van der Waals surface area contributed by atoms with Crippen LogP contribution >= 0.6 is 65.8 Å². The molecule has 8 N–H and O–H groups in total. The maximum atomic E-state index is 14.5. The highest BCUT2D eigenvalue weighted by atomic mass is 127. The smallest absolute Gasteiger partial charge is 0.407 e. The lowest BCUT2D eigenvalue weighted by atomic mass is 9.59. The lowest BCUT2D eigenvalue weighted by Gasteiger charge is -2.51. The van der Waals surface area contributed by atoms with Crippen molar-refractivity contribution in [3.8, 4) is 35.2 Å². The molecule has 21 atom stereocenters. The average Bonchev–Trinajstić information content (AvgIpc) is 1.98. The van der Waals surface area contributed by atoms with Crippen LogP contribution < -0.4 is 25.6 Å². The number of rotatable bonds is 21. The Hall–Kier alpha value is -2.48. The number of Topliss-reactive ketones (excluding diaryl/α,β-unsaturated/α-hetero) is 1. The minimum absolute atomic E-state index is 0.104. The fourth-order valence-electron chi connectivity index (χ4n) is 11.2.